The number of rotatable bonds is 6. The number of halogens is 3. The van der Waals surface area contributed by atoms with Gasteiger partial charge in [0, 0.05) is 16.7 Å². The number of aromatic nitrogens is 1. The van der Waals surface area contributed by atoms with Gasteiger partial charge in [-0.25, -0.2) is 4.98 Å². The van der Waals surface area contributed by atoms with Crippen molar-refractivity contribution in [3.05, 3.63) is 58.2 Å². The Morgan fingerprint density at radius 1 is 1.30 bits per heavy atom. The van der Waals surface area contributed by atoms with Crippen LogP contribution >= 0.6 is 27.7 Å². The number of amides is 1. The van der Waals surface area contributed by atoms with Crippen molar-refractivity contribution in [1.29, 1.82) is 0 Å². The molecule has 1 N–H and O–H groups in total. The van der Waals surface area contributed by atoms with E-state index in [0.29, 0.717) is 6.42 Å². The maximum atomic E-state index is 12.5. The summed E-state index contributed by atoms with van der Waals surface area (Å²) >= 11 is 3.65. The van der Waals surface area contributed by atoms with Gasteiger partial charge in [-0.2, -0.15) is 8.78 Å². The lowest BCUT2D eigenvalue weighted by Gasteiger charge is -2.15. The Morgan fingerprint density at radius 3 is 2.65 bits per heavy atom. The molecule has 122 valence electrons. The van der Waals surface area contributed by atoms with Crippen molar-refractivity contribution >= 4 is 33.6 Å². The molecule has 1 heterocycles. The Bertz CT molecular complexity index is 667. The van der Waals surface area contributed by atoms with Gasteiger partial charge < -0.3 is 5.32 Å². The van der Waals surface area contributed by atoms with E-state index in [1.54, 1.807) is 6.07 Å². The molecule has 7 heteroatoms. The van der Waals surface area contributed by atoms with Gasteiger partial charge >= 0.3 is 0 Å². The van der Waals surface area contributed by atoms with Crippen molar-refractivity contribution in [2.24, 2.45) is 0 Å². The van der Waals surface area contributed by atoms with Gasteiger partial charge in [0.25, 0.3) is 11.7 Å². The van der Waals surface area contributed by atoms with Crippen LogP contribution in [-0.2, 0) is 6.42 Å². The van der Waals surface area contributed by atoms with Crippen molar-refractivity contribution in [2.75, 3.05) is 0 Å². The summed E-state index contributed by atoms with van der Waals surface area (Å²) in [7, 11) is 0. The summed E-state index contributed by atoms with van der Waals surface area (Å²) < 4.78 is 26.1. The van der Waals surface area contributed by atoms with E-state index in [0.717, 1.165) is 10.0 Å². The molecule has 1 atom stereocenters. The highest BCUT2D eigenvalue weighted by Crippen LogP contribution is 2.26. The van der Waals surface area contributed by atoms with E-state index in [1.807, 2.05) is 31.2 Å². The van der Waals surface area contributed by atoms with E-state index in [2.05, 4.69) is 26.2 Å². The minimum Gasteiger partial charge on any atom is -0.349 e. The van der Waals surface area contributed by atoms with Crippen molar-refractivity contribution < 1.29 is 13.6 Å². The van der Waals surface area contributed by atoms with E-state index >= 15 is 0 Å². The summed E-state index contributed by atoms with van der Waals surface area (Å²) in [5.74, 6) is -3.01. The number of hydrogen-bond acceptors (Lipinski definition) is 3. The van der Waals surface area contributed by atoms with E-state index in [-0.39, 0.29) is 28.4 Å². The van der Waals surface area contributed by atoms with Gasteiger partial charge in [-0.15, -0.1) is 0 Å². The van der Waals surface area contributed by atoms with E-state index in [4.69, 9.17) is 0 Å². The first-order chi connectivity index (χ1) is 11.0. The lowest BCUT2D eigenvalue weighted by atomic mass is 10.1. The maximum absolute atomic E-state index is 12.5. The number of nitrogens with one attached hydrogen (secondary N) is 1. The fourth-order valence-electron chi connectivity index (χ4n) is 2.07. The molecule has 0 aliphatic heterocycles. The van der Waals surface area contributed by atoms with Crippen LogP contribution in [0.4, 0.5) is 8.78 Å². The zero-order valence-corrected chi connectivity index (χ0v) is 14.7. The molecule has 0 aliphatic carbocycles. The Balaban J connectivity index is 2.02. The van der Waals surface area contributed by atoms with Gasteiger partial charge in [0.05, 0.1) is 5.56 Å². The number of benzene rings is 1. The lowest BCUT2D eigenvalue weighted by Crippen LogP contribution is -2.34. The Hall–Kier alpha value is -1.47. The molecule has 2 aromatic rings. The van der Waals surface area contributed by atoms with Gasteiger partial charge in [0.15, 0.2) is 0 Å². The van der Waals surface area contributed by atoms with Crippen LogP contribution < -0.4 is 5.32 Å². The van der Waals surface area contributed by atoms with Gasteiger partial charge in [0.2, 0.25) is 0 Å². The molecular weight excluding hydrogens is 386 g/mol. The third-order valence-corrected chi connectivity index (χ3v) is 4.30. The van der Waals surface area contributed by atoms with Crippen molar-refractivity contribution in [3.8, 4) is 0 Å². The van der Waals surface area contributed by atoms with Gasteiger partial charge in [-0.05, 0) is 54.9 Å². The Kier molecular flexibility index (Phi) is 6.53. The molecule has 1 aromatic heterocycles. The number of alkyl halides is 2. The molecule has 0 saturated carbocycles. The smallest absolute Gasteiger partial charge is 0.290 e. The lowest BCUT2D eigenvalue weighted by molar-refractivity contribution is 0.0936. The number of pyridine rings is 1. The zero-order valence-electron chi connectivity index (χ0n) is 12.3. The minimum absolute atomic E-state index is 0.0378. The van der Waals surface area contributed by atoms with Gasteiger partial charge in [-0.1, -0.05) is 28.1 Å². The number of nitrogens with zero attached hydrogens (tertiary/aromatic N) is 1. The van der Waals surface area contributed by atoms with Crippen LogP contribution in [0, 0.1) is 0 Å². The molecule has 1 aromatic carbocycles. The molecule has 0 saturated heterocycles. The molecule has 0 fully saturated rings. The molecule has 0 spiro atoms. The molecule has 1 amide bonds. The monoisotopic (exact) mass is 400 g/mol. The Morgan fingerprint density at radius 2 is 2.00 bits per heavy atom. The number of hydrogen-bond donors (Lipinski definition) is 1. The number of carbonyl (C=O) groups excluding carboxylic acids is 1. The molecule has 0 aliphatic rings. The van der Waals surface area contributed by atoms with Crippen LogP contribution in [-0.4, -0.2) is 22.7 Å². The SMILES string of the molecule is CC(Cc1ccc(Br)cc1)NC(=O)c1cccnc1SC(F)F. The third kappa shape index (κ3) is 5.58. The normalized spacial score (nSPS) is 12.2. The topological polar surface area (TPSA) is 42.0 Å². The first kappa shape index (κ1) is 17.9. The molecule has 1 unspecified atom stereocenters. The van der Waals surface area contributed by atoms with Crippen molar-refractivity contribution in [3.63, 3.8) is 0 Å². The molecule has 3 nitrogen and oxygen atoms in total. The zero-order chi connectivity index (χ0) is 16.8. The first-order valence-electron chi connectivity index (χ1n) is 6.91. The maximum Gasteiger partial charge on any atom is 0.290 e. The van der Waals surface area contributed by atoms with E-state index in [9.17, 15) is 13.6 Å². The average molecular weight is 401 g/mol. The first-order valence-corrected chi connectivity index (χ1v) is 8.58. The number of thioether (sulfide) groups is 1. The van der Waals surface area contributed by atoms with Crippen molar-refractivity contribution in [1.82, 2.24) is 10.3 Å². The van der Waals surface area contributed by atoms with E-state index < -0.39 is 11.7 Å². The third-order valence-electron chi connectivity index (χ3n) is 3.05. The fourth-order valence-corrected chi connectivity index (χ4v) is 2.91. The average Bonchev–Trinajstić information content (AvgIpc) is 2.49. The second-order valence-corrected chi connectivity index (χ2v) is 6.83. The highest BCUT2D eigenvalue weighted by molar-refractivity contribution is 9.10. The predicted molar refractivity (Wildman–Crippen MR) is 90.9 cm³/mol. The van der Waals surface area contributed by atoms with Crippen LogP contribution in [0.5, 0.6) is 0 Å². The molecule has 0 radical (unpaired) electrons. The number of carbonyl (C=O) groups is 1. The van der Waals surface area contributed by atoms with Crippen LogP contribution in [0.2, 0.25) is 0 Å². The molecule has 0 bridgehead atoms. The highest BCUT2D eigenvalue weighted by Gasteiger charge is 2.18. The van der Waals surface area contributed by atoms with Crippen LogP contribution in [0.3, 0.4) is 0 Å². The summed E-state index contributed by atoms with van der Waals surface area (Å²) in [6, 6.07) is 10.7. The summed E-state index contributed by atoms with van der Waals surface area (Å²) in [6.45, 7) is 1.87. The van der Waals surface area contributed by atoms with Gasteiger partial charge in [-0.3, -0.25) is 4.79 Å². The van der Waals surface area contributed by atoms with Crippen LogP contribution in [0.1, 0.15) is 22.8 Å². The summed E-state index contributed by atoms with van der Waals surface area (Å²) in [5.41, 5.74) is 1.25. The van der Waals surface area contributed by atoms with Crippen molar-refractivity contribution in [2.45, 2.75) is 30.2 Å². The molecule has 2 rings (SSSR count). The summed E-state index contributed by atoms with van der Waals surface area (Å²) in [6.07, 6.45) is 2.04. The quantitative estimate of drug-likeness (QED) is 0.724. The standard InChI is InChI=1S/C16H15BrF2N2OS/c1-10(9-11-4-6-12(17)7-5-11)21-14(22)13-3-2-8-20-15(13)23-16(18)19/h2-8,10,16H,9H2,1H3,(H,21,22). The van der Waals surface area contributed by atoms with Crippen LogP contribution in [0.25, 0.3) is 0 Å². The predicted octanol–water partition coefficient (Wildman–Crippen LogP) is 4.52. The van der Waals surface area contributed by atoms with E-state index in [1.165, 1.54) is 12.3 Å². The fraction of sp³-hybridized carbons (Fsp3) is 0.250. The summed E-state index contributed by atoms with van der Waals surface area (Å²) in [5, 5.41) is 2.86. The largest absolute Gasteiger partial charge is 0.349 e. The second-order valence-electron chi connectivity index (χ2n) is 4.94. The molecule has 23 heavy (non-hydrogen) atoms. The van der Waals surface area contributed by atoms with Crippen LogP contribution in [0.15, 0.2) is 52.1 Å². The second kappa shape index (κ2) is 8.40. The molecular formula is C16H15BrF2N2OS. The summed E-state index contributed by atoms with van der Waals surface area (Å²) in [4.78, 5) is 16.1. The van der Waals surface area contributed by atoms with Gasteiger partial charge in [0.1, 0.15) is 5.03 Å². The Labute approximate surface area is 146 Å². The highest BCUT2D eigenvalue weighted by atomic mass is 79.9. The minimum atomic E-state index is -2.61.